The highest BCUT2D eigenvalue weighted by atomic mass is 19.4. The molecule has 172 valence electrons. The molecule has 0 aliphatic carbocycles. The van der Waals surface area contributed by atoms with Crippen molar-refractivity contribution in [3.8, 4) is 0 Å². The monoisotopic (exact) mass is 428 g/mol. The molecule has 6 heteroatoms. The number of hydrogen-bond acceptors (Lipinski definition) is 3. The van der Waals surface area contributed by atoms with Gasteiger partial charge in [0.05, 0.1) is 5.69 Å². The number of halogens is 3. The van der Waals surface area contributed by atoms with Crippen LogP contribution in [0.3, 0.4) is 0 Å². The van der Waals surface area contributed by atoms with Crippen molar-refractivity contribution in [3.05, 3.63) is 66.9 Å². The van der Waals surface area contributed by atoms with Crippen LogP contribution in [0.15, 0.2) is 66.9 Å². The lowest BCUT2D eigenvalue weighted by atomic mass is 10.0. The van der Waals surface area contributed by atoms with E-state index < -0.39 is 24.3 Å². The Balaban J connectivity index is -0.00000111. The molecule has 0 saturated heterocycles. The van der Waals surface area contributed by atoms with E-state index in [-0.39, 0.29) is 0 Å². The maximum atomic E-state index is 12.3. The number of allylic oxidation sites excluding steroid dienone is 3. The summed E-state index contributed by atoms with van der Waals surface area (Å²) in [5.41, 5.74) is 2.68. The first-order valence-corrected chi connectivity index (χ1v) is 10.2. The molecular formula is C24H39F3N2O. The molecule has 0 aliphatic rings. The maximum Gasteiger partial charge on any atom is 0.449 e. The molecule has 0 saturated carbocycles. The van der Waals surface area contributed by atoms with Crippen molar-refractivity contribution in [2.24, 2.45) is 11.8 Å². The van der Waals surface area contributed by atoms with Crippen molar-refractivity contribution in [3.63, 3.8) is 0 Å². The minimum absolute atomic E-state index is 0.471. The van der Waals surface area contributed by atoms with Gasteiger partial charge in [-0.3, -0.25) is 9.80 Å². The number of benzene rings is 1. The average Bonchev–Trinajstić information content (AvgIpc) is 2.74. The van der Waals surface area contributed by atoms with Crippen molar-refractivity contribution in [2.45, 2.75) is 67.5 Å². The van der Waals surface area contributed by atoms with Gasteiger partial charge in [0.2, 0.25) is 5.78 Å². The van der Waals surface area contributed by atoms with Gasteiger partial charge in [-0.15, -0.1) is 13.2 Å². The zero-order valence-corrected chi connectivity index (χ0v) is 19.5. The second kappa shape index (κ2) is 18.7. The third kappa shape index (κ3) is 13.8. The summed E-state index contributed by atoms with van der Waals surface area (Å²) in [6.07, 6.45) is -1.48. The molecule has 0 heterocycles. The lowest BCUT2D eigenvalue weighted by Gasteiger charge is -2.23. The number of para-hydroxylation sites is 1. The van der Waals surface area contributed by atoms with Gasteiger partial charge >= 0.3 is 6.18 Å². The number of carbonyl (C=O) groups is 1. The van der Waals surface area contributed by atoms with Crippen LogP contribution in [0.2, 0.25) is 0 Å². The van der Waals surface area contributed by atoms with Crippen LogP contribution in [-0.4, -0.2) is 12.0 Å². The third-order valence-electron chi connectivity index (χ3n) is 3.50. The van der Waals surface area contributed by atoms with E-state index in [1.807, 2.05) is 71.9 Å². The van der Waals surface area contributed by atoms with E-state index in [2.05, 4.69) is 13.2 Å². The van der Waals surface area contributed by atoms with Gasteiger partial charge < -0.3 is 0 Å². The third-order valence-corrected chi connectivity index (χ3v) is 3.50. The quantitative estimate of drug-likeness (QED) is 0.276. The van der Waals surface area contributed by atoms with Crippen LogP contribution in [0.5, 0.6) is 0 Å². The lowest BCUT2D eigenvalue weighted by molar-refractivity contribution is -0.171. The average molecular weight is 429 g/mol. The standard InChI is InChI=1S/C18H23F3N2O.2C2H6.C2H4/c1-13(2)16(23(22)15-9-5-4-6-10-15)11-7-8-14(3)12-17(24)18(19,20)21;3*1-2/h4-10,14H,11-12,22H2,1-3H3;2*1-2H3;1-2H2. The first kappa shape index (κ1) is 32.3. The Morgan fingerprint density at radius 3 is 1.97 bits per heavy atom. The van der Waals surface area contributed by atoms with Crippen LogP contribution in [0.4, 0.5) is 18.9 Å². The van der Waals surface area contributed by atoms with Gasteiger partial charge in [0.25, 0.3) is 0 Å². The Kier molecular flexibility index (Phi) is 20.1. The fourth-order valence-corrected chi connectivity index (χ4v) is 2.18. The number of carbonyl (C=O) groups excluding carboxylic acids is 1. The van der Waals surface area contributed by atoms with Crippen LogP contribution in [0.25, 0.3) is 0 Å². The van der Waals surface area contributed by atoms with Gasteiger partial charge in [0.15, 0.2) is 0 Å². The molecule has 1 unspecified atom stereocenters. The number of nitrogens with two attached hydrogens (primary N) is 1. The van der Waals surface area contributed by atoms with Gasteiger partial charge in [0.1, 0.15) is 0 Å². The molecule has 2 N–H and O–H groups in total. The molecule has 30 heavy (non-hydrogen) atoms. The fraction of sp³-hybridized carbons (Fsp3) is 0.458. The SMILES string of the molecule is C=C.CC.CC.CC(C)=C(CC=CC(C)CC(=O)C(F)(F)F)N(N)c1ccccc1. The van der Waals surface area contributed by atoms with Gasteiger partial charge in [-0.05, 0) is 31.9 Å². The summed E-state index contributed by atoms with van der Waals surface area (Å²) in [6, 6.07) is 9.38. The van der Waals surface area contributed by atoms with Gasteiger partial charge in [-0.2, -0.15) is 13.2 Å². The Hall–Kier alpha value is -2.34. The Morgan fingerprint density at radius 2 is 1.57 bits per heavy atom. The molecule has 3 nitrogen and oxygen atoms in total. The summed E-state index contributed by atoms with van der Waals surface area (Å²) in [4.78, 5) is 11.0. The summed E-state index contributed by atoms with van der Waals surface area (Å²) in [6.45, 7) is 19.4. The molecule has 0 fully saturated rings. The van der Waals surface area contributed by atoms with E-state index >= 15 is 0 Å². The van der Waals surface area contributed by atoms with Crippen LogP contribution < -0.4 is 10.9 Å². The highest BCUT2D eigenvalue weighted by molar-refractivity contribution is 5.84. The van der Waals surface area contributed by atoms with Gasteiger partial charge in [-0.1, -0.05) is 70.5 Å². The molecule has 1 aromatic rings. The molecule has 1 rings (SSSR count). The molecule has 0 spiro atoms. The second-order valence-corrected chi connectivity index (χ2v) is 5.89. The van der Waals surface area contributed by atoms with Crippen LogP contribution in [0, 0.1) is 5.92 Å². The van der Waals surface area contributed by atoms with Crippen molar-refractivity contribution in [1.29, 1.82) is 0 Å². The first-order chi connectivity index (χ1) is 14.1. The molecule has 0 bridgehead atoms. The minimum Gasteiger partial charge on any atom is -0.290 e. The summed E-state index contributed by atoms with van der Waals surface area (Å²) >= 11 is 0. The largest absolute Gasteiger partial charge is 0.449 e. The summed E-state index contributed by atoms with van der Waals surface area (Å²) in [5.74, 6) is 3.95. The molecule has 0 amide bonds. The molecule has 1 aromatic carbocycles. The zero-order chi connectivity index (χ0) is 24.3. The number of rotatable bonds is 7. The predicted molar refractivity (Wildman–Crippen MR) is 124 cm³/mol. The Labute approximate surface area is 181 Å². The highest BCUT2D eigenvalue weighted by Crippen LogP contribution is 2.23. The molecular weight excluding hydrogens is 389 g/mol. The number of alkyl halides is 3. The van der Waals surface area contributed by atoms with E-state index in [4.69, 9.17) is 5.84 Å². The Morgan fingerprint density at radius 1 is 1.10 bits per heavy atom. The minimum atomic E-state index is -4.77. The van der Waals surface area contributed by atoms with Crippen molar-refractivity contribution >= 4 is 11.5 Å². The number of nitrogens with zero attached hydrogens (tertiary/aromatic N) is 1. The topological polar surface area (TPSA) is 46.3 Å². The number of Topliss-reactive ketones (excluding diaryl/α,β-unsaturated/α-hetero) is 1. The first-order valence-electron chi connectivity index (χ1n) is 10.2. The maximum absolute atomic E-state index is 12.3. The fourth-order valence-electron chi connectivity index (χ4n) is 2.18. The molecule has 1 atom stereocenters. The van der Waals surface area contributed by atoms with Gasteiger partial charge in [-0.25, -0.2) is 5.84 Å². The molecule has 0 aliphatic heterocycles. The zero-order valence-electron chi connectivity index (χ0n) is 19.5. The van der Waals surface area contributed by atoms with Crippen molar-refractivity contribution in [2.75, 3.05) is 5.01 Å². The van der Waals surface area contributed by atoms with Crippen molar-refractivity contribution in [1.82, 2.24) is 0 Å². The normalized spacial score (nSPS) is 10.9. The summed E-state index contributed by atoms with van der Waals surface area (Å²) in [7, 11) is 0. The van der Waals surface area contributed by atoms with Crippen LogP contribution in [0.1, 0.15) is 61.3 Å². The number of ketones is 1. The highest BCUT2D eigenvalue weighted by Gasteiger charge is 2.38. The Bertz CT molecular complexity index is 619. The van der Waals surface area contributed by atoms with Crippen molar-refractivity contribution < 1.29 is 18.0 Å². The summed E-state index contributed by atoms with van der Waals surface area (Å²) in [5, 5.41) is 1.56. The lowest BCUT2D eigenvalue weighted by Crippen LogP contribution is -2.30. The van der Waals surface area contributed by atoms with E-state index in [9.17, 15) is 18.0 Å². The van der Waals surface area contributed by atoms with Crippen LogP contribution in [-0.2, 0) is 4.79 Å². The smallest absolute Gasteiger partial charge is 0.290 e. The van der Waals surface area contributed by atoms with E-state index in [0.717, 1.165) is 17.0 Å². The van der Waals surface area contributed by atoms with Crippen LogP contribution >= 0.6 is 0 Å². The summed E-state index contributed by atoms with van der Waals surface area (Å²) < 4.78 is 36.8. The number of anilines is 1. The predicted octanol–water partition coefficient (Wildman–Crippen LogP) is 7.62. The molecule has 0 radical (unpaired) electrons. The van der Waals surface area contributed by atoms with E-state index in [1.54, 1.807) is 24.1 Å². The second-order valence-electron chi connectivity index (χ2n) is 5.89. The van der Waals surface area contributed by atoms with E-state index in [1.165, 1.54) is 0 Å². The molecule has 0 aromatic heterocycles. The van der Waals surface area contributed by atoms with E-state index in [0.29, 0.717) is 6.42 Å². The van der Waals surface area contributed by atoms with Gasteiger partial charge in [0, 0.05) is 18.5 Å². The number of hydrazine groups is 1. The number of hydrogen-bond donors (Lipinski definition) is 1.